The van der Waals surface area contributed by atoms with E-state index in [9.17, 15) is 14.4 Å². The number of amides is 1. The average molecular weight is 434 g/mol. The van der Waals surface area contributed by atoms with Crippen LogP contribution in [-0.4, -0.2) is 10.9 Å². The van der Waals surface area contributed by atoms with Gasteiger partial charge in [-0.1, -0.05) is 48.0 Å². The summed E-state index contributed by atoms with van der Waals surface area (Å²) in [7, 11) is 0. The van der Waals surface area contributed by atoms with Gasteiger partial charge in [0.05, 0.1) is 22.7 Å². The summed E-state index contributed by atoms with van der Waals surface area (Å²) in [6, 6.07) is 16.9. The Morgan fingerprint density at radius 1 is 1.19 bits per heavy atom. The number of aromatic nitrogens is 1. The van der Waals surface area contributed by atoms with E-state index < -0.39 is 11.7 Å². The number of pyridine rings is 1. The van der Waals surface area contributed by atoms with Gasteiger partial charge in [-0.15, -0.1) is 0 Å². The van der Waals surface area contributed by atoms with Crippen molar-refractivity contribution in [1.29, 1.82) is 10.5 Å². The lowest BCUT2D eigenvalue weighted by molar-refractivity contribution is -0.115. The molecule has 8 heteroatoms. The molecule has 3 rings (SSSR count). The van der Waals surface area contributed by atoms with Crippen molar-refractivity contribution in [3.05, 3.63) is 76.7 Å². The minimum Gasteiger partial charge on any atom is -0.362 e. The molecule has 0 fully saturated rings. The normalized spacial score (nSPS) is 11.1. The molecular formula is C23H17ClFN5O. The Labute approximate surface area is 183 Å². The molecule has 6 nitrogen and oxygen atoms in total. The highest BCUT2D eigenvalue weighted by Crippen LogP contribution is 2.32. The Hall–Kier alpha value is -3.94. The maximum absolute atomic E-state index is 13.9. The Balaban J connectivity index is 1.83. The summed E-state index contributed by atoms with van der Waals surface area (Å²) >= 11 is 6.20. The van der Waals surface area contributed by atoms with Gasteiger partial charge in [-0.3, -0.25) is 4.79 Å². The molecule has 1 heterocycles. The number of carbonyl (C=O) groups excluding carboxylic acids is 1. The number of hydrogen-bond donors (Lipinski definition) is 2. The molecular weight excluding hydrogens is 417 g/mol. The van der Waals surface area contributed by atoms with Crippen LogP contribution in [0.25, 0.3) is 11.1 Å². The van der Waals surface area contributed by atoms with Gasteiger partial charge in [-0.25, -0.2) is 9.37 Å². The van der Waals surface area contributed by atoms with Gasteiger partial charge in [0.25, 0.3) is 0 Å². The van der Waals surface area contributed by atoms with Gasteiger partial charge in [0, 0.05) is 11.8 Å². The van der Waals surface area contributed by atoms with Gasteiger partial charge in [-0.2, -0.15) is 10.5 Å². The second-order valence-corrected chi connectivity index (χ2v) is 7.07. The van der Waals surface area contributed by atoms with Crippen LogP contribution in [0.5, 0.6) is 0 Å². The largest absolute Gasteiger partial charge is 0.362 e. The third-order valence-electron chi connectivity index (χ3n) is 4.60. The van der Waals surface area contributed by atoms with E-state index in [1.807, 2.05) is 37.3 Å². The zero-order valence-corrected chi connectivity index (χ0v) is 17.2. The van der Waals surface area contributed by atoms with Crippen molar-refractivity contribution < 1.29 is 9.18 Å². The smallest absolute Gasteiger partial charge is 0.238 e. The number of nitrogens with zero attached hydrogens (tertiary/aromatic N) is 3. The first kappa shape index (κ1) is 21.8. The minimum atomic E-state index is -0.558. The summed E-state index contributed by atoms with van der Waals surface area (Å²) in [5.74, 6) is -0.676. The molecule has 0 aliphatic carbocycles. The third-order valence-corrected chi connectivity index (χ3v) is 4.92. The lowest BCUT2D eigenvalue weighted by Crippen LogP contribution is -2.15. The fourth-order valence-electron chi connectivity index (χ4n) is 3.04. The molecule has 1 atom stereocenters. The molecule has 3 aromatic rings. The molecule has 1 aromatic heterocycles. The predicted octanol–water partition coefficient (Wildman–Crippen LogP) is 5.44. The number of hydrogen-bond acceptors (Lipinski definition) is 5. The SMILES string of the molecule is C[C@@H](Nc1nccc(Cl)c1NC(=O)CC#N)c1ccc(-c2cccc(F)c2C#N)cc1. The van der Waals surface area contributed by atoms with Crippen molar-refractivity contribution >= 4 is 29.0 Å². The average Bonchev–Trinajstić information content (AvgIpc) is 2.76. The third kappa shape index (κ3) is 4.98. The summed E-state index contributed by atoms with van der Waals surface area (Å²) in [5, 5.41) is 24.0. The van der Waals surface area contributed by atoms with E-state index in [-0.39, 0.29) is 18.0 Å². The van der Waals surface area contributed by atoms with Crippen LogP contribution in [0.2, 0.25) is 5.02 Å². The first-order chi connectivity index (χ1) is 14.9. The summed E-state index contributed by atoms with van der Waals surface area (Å²) in [6.07, 6.45) is 1.21. The van der Waals surface area contributed by atoms with Crippen LogP contribution < -0.4 is 10.6 Å². The summed E-state index contributed by atoms with van der Waals surface area (Å²) < 4.78 is 13.9. The van der Waals surface area contributed by atoms with Gasteiger partial charge in [0.2, 0.25) is 5.91 Å². The summed E-state index contributed by atoms with van der Waals surface area (Å²) in [5.41, 5.74) is 2.44. The molecule has 154 valence electrons. The Morgan fingerprint density at radius 3 is 2.61 bits per heavy atom. The quantitative estimate of drug-likeness (QED) is 0.539. The molecule has 0 aliphatic heterocycles. The van der Waals surface area contributed by atoms with E-state index in [0.29, 0.717) is 22.1 Å². The maximum Gasteiger partial charge on any atom is 0.238 e. The van der Waals surface area contributed by atoms with Crippen LogP contribution >= 0.6 is 11.6 Å². The first-order valence-electron chi connectivity index (χ1n) is 9.31. The second-order valence-electron chi connectivity index (χ2n) is 6.66. The Kier molecular flexibility index (Phi) is 6.81. The van der Waals surface area contributed by atoms with Crippen molar-refractivity contribution in [3.63, 3.8) is 0 Å². The molecule has 2 aromatic carbocycles. The van der Waals surface area contributed by atoms with Gasteiger partial charge >= 0.3 is 0 Å². The number of halogens is 2. The summed E-state index contributed by atoms with van der Waals surface area (Å²) in [4.78, 5) is 16.1. The van der Waals surface area contributed by atoms with Crippen molar-refractivity contribution in [2.24, 2.45) is 0 Å². The van der Waals surface area contributed by atoms with Gasteiger partial charge in [0.15, 0.2) is 5.82 Å². The highest BCUT2D eigenvalue weighted by molar-refractivity contribution is 6.34. The van der Waals surface area contributed by atoms with E-state index in [4.69, 9.17) is 16.9 Å². The number of benzene rings is 2. The number of nitrogens with one attached hydrogen (secondary N) is 2. The molecule has 0 spiro atoms. The molecule has 2 N–H and O–H groups in total. The van der Waals surface area contributed by atoms with Crippen molar-refractivity contribution in [1.82, 2.24) is 4.98 Å². The fraction of sp³-hybridized carbons (Fsp3) is 0.130. The maximum atomic E-state index is 13.9. The zero-order valence-electron chi connectivity index (χ0n) is 16.5. The monoisotopic (exact) mass is 433 g/mol. The number of carbonyl (C=O) groups is 1. The molecule has 0 bridgehead atoms. The lowest BCUT2D eigenvalue weighted by atomic mass is 9.97. The predicted molar refractivity (Wildman–Crippen MR) is 117 cm³/mol. The molecule has 0 radical (unpaired) electrons. The summed E-state index contributed by atoms with van der Waals surface area (Å²) in [6.45, 7) is 1.90. The zero-order chi connectivity index (χ0) is 22.4. The Morgan fingerprint density at radius 2 is 1.94 bits per heavy atom. The molecule has 0 saturated carbocycles. The lowest BCUT2D eigenvalue weighted by Gasteiger charge is -2.19. The van der Waals surface area contributed by atoms with Crippen molar-refractivity contribution in [2.45, 2.75) is 19.4 Å². The topological polar surface area (TPSA) is 102 Å². The molecule has 31 heavy (non-hydrogen) atoms. The van der Waals surface area contributed by atoms with E-state index in [2.05, 4.69) is 15.6 Å². The van der Waals surface area contributed by atoms with Crippen LogP contribution in [0.4, 0.5) is 15.9 Å². The van der Waals surface area contributed by atoms with Gasteiger partial charge < -0.3 is 10.6 Å². The van der Waals surface area contributed by atoms with Crippen LogP contribution in [0, 0.1) is 28.5 Å². The van der Waals surface area contributed by atoms with E-state index in [1.54, 1.807) is 24.3 Å². The number of anilines is 2. The molecule has 0 saturated heterocycles. The highest BCUT2D eigenvalue weighted by atomic mass is 35.5. The first-order valence-corrected chi connectivity index (χ1v) is 9.69. The Bertz CT molecular complexity index is 1200. The highest BCUT2D eigenvalue weighted by Gasteiger charge is 2.15. The van der Waals surface area contributed by atoms with E-state index in [0.717, 1.165) is 11.1 Å². The fourth-order valence-corrected chi connectivity index (χ4v) is 3.23. The van der Waals surface area contributed by atoms with Crippen molar-refractivity contribution in [3.8, 4) is 23.3 Å². The van der Waals surface area contributed by atoms with Gasteiger partial charge in [-0.05, 0) is 30.2 Å². The number of nitriles is 2. The van der Waals surface area contributed by atoms with Gasteiger partial charge in [0.1, 0.15) is 24.0 Å². The molecule has 0 unspecified atom stereocenters. The second kappa shape index (κ2) is 9.71. The molecule has 0 aliphatic rings. The standard InChI is InChI=1S/C23H17ClFN5O/c1-14(29-23-22(19(24)10-12-28-23)30-21(31)9-11-26)15-5-7-16(8-6-15)17-3-2-4-20(25)18(17)13-27/h2-8,10,12,14H,9H2,1H3,(H,28,29)(H,30,31)/t14-/m1/s1. The minimum absolute atomic E-state index is 0.00213. The number of rotatable bonds is 6. The molecule has 1 amide bonds. The van der Waals surface area contributed by atoms with Crippen LogP contribution in [0.3, 0.4) is 0 Å². The van der Waals surface area contributed by atoms with Crippen molar-refractivity contribution in [2.75, 3.05) is 10.6 Å². The van der Waals surface area contributed by atoms with Crippen LogP contribution in [0.15, 0.2) is 54.7 Å². The van der Waals surface area contributed by atoms with E-state index >= 15 is 0 Å². The van der Waals surface area contributed by atoms with Crippen LogP contribution in [-0.2, 0) is 4.79 Å². The van der Waals surface area contributed by atoms with Crippen LogP contribution in [0.1, 0.15) is 30.5 Å². The van der Waals surface area contributed by atoms with E-state index in [1.165, 1.54) is 12.3 Å².